The van der Waals surface area contributed by atoms with Crippen molar-refractivity contribution in [2.75, 3.05) is 26.9 Å². The third-order valence-corrected chi connectivity index (χ3v) is 2.03. The molecule has 1 aromatic rings. The van der Waals surface area contributed by atoms with Crippen LogP contribution in [0.2, 0.25) is 0 Å². The standard InChI is InChI=1S/C12H18O2.C2H6/c1-13-10-11-14-9-5-8-12-6-3-2-4-7-12;1-2/h2-4,6-7H,5,8-11H2,1H3;1-2H3. The van der Waals surface area contributed by atoms with Crippen molar-refractivity contribution in [3.05, 3.63) is 35.9 Å². The lowest BCUT2D eigenvalue weighted by molar-refractivity contribution is 0.0695. The minimum absolute atomic E-state index is 0.686. The SMILES string of the molecule is CC.COCCOCCCc1ccccc1. The van der Waals surface area contributed by atoms with E-state index in [1.165, 1.54) is 5.56 Å². The Labute approximate surface area is 99.6 Å². The first-order valence-corrected chi connectivity index (χ1v) is 6.04. The summed E-state index contributed by atoms with van der Waals surface area (Å²) in [6, 6.07) is 10.5. The number of methoxy groups -OCH3 is 1. The monoisotopic (exact) mass is 224 g/mol. The van der Waals surface area contributed by atoms with Crippen molar-refractivity contribution in [2.45, 2.75) is 26.7 Å². The highest BCUT2D eigenvalue weighted by Crippen LogP contribution is 2.01. The number of rotatable bonds is 7. The molecule has 0 aliphatic carbocycles. The van der Waals surface area contributed by atoms with Crippen molar-refractivity contribution in [3.63, 3.8) is 0 Å². The van der Waals surface area contributed by atoms with E-state index in [9.17, 15) is 0 Å². The van der Waals surface area contributed by atoms with Crippen LogP contribution in [0.15, 0.2) is 30.3 Å². The lowest BCUT2D eigenvalue weighted by atomic mass is 10.1. The molecule has 2 nitrogen and oxygen atoms in total. The van der Waals surface area contributed by atoms with Crippen LogP contribution in [-0.4, -0.2) is 26.9 Å². The van der Waals surface area contributed by atoms with Crippen molar-refractivity contribution in [1.29, 1.82) is 0 Å². The largest absolute Gasteiger partial charge is 0.382 e. The summed E-state index contributed by atoms with van der Waals surface area (Å²) in [5, 5.41) is 0. The van der Waals surface area contributed by atoms with Crippen LogP contribution in [0.4, 0.5) is 0 Å². The van der Waals surface area contributed by atoms with E-state index in [-0.39, 0.29) is 0 Å². The van der Waals surface area contributed by atoms with Crippen molar-refractivity contribution < 1.29 is 9.47 Å². The minimum atomic E-state index is 0.686. The van der Waals surface area contributed by atoms with E-state index < -0.39 is 0 Å². The van der Waals surface area contributed by atoms with Crippen molar-refractivity contribution in [2.24, 2.45) is 0 Å². The molecule has 0 bridgehead atoms. The third kappa shape index (κ3) is 8.45. The zero-order chi connectivity index (χ0) is 12.1. The third-order valence-electron chi connectivity index (χ3n) is 2.03. The average molecular weight is 224 g/mol. The van der Waals surface area contributed by atoms with Crippen LogP contribution in [0.25, 0.3) is 0 Å². The fourth-order valence-electron chi connectivity index (χ4n) is 1.27. The molecule has 1 rings (SSSR count). The summed E-state index contributed by atoms with van der Waals surface area (Å²) < 4.78 is 10.3. The zero-order valence-electron chi connectivity index (χ0n) is 10.7. The van der Waals surface area contributed by atoms with Crippen LogP contribution < -0.4 is 0 Å². The van der Waals surface area contributed by atoms with Gasteiger partial charge in [-0.05, 0) is 18.4 Å². The lowest BCUT2D eigenvalue weighted by Crippen LogP contribution is -2.03. The first kappa shape index (κ1) is 15.1. The zero-order valence-corrected chi connectivity index (χ0v) is 10.7. The molecule has 0 saturated carbocycles. The number of hydrogen-bond acceptors (Lipinski definition) is 2. The van der Waals surface area contributed by atoms with Crippen LogP contribution in [0, 0.1) is 0 Å². The molecule has 0 aliphatic rings. The van der Waals surface area contributed by atoms with E-state index in [0.717, 1.165) is 19.4 Å². The minimum Gasteiger partial charge on any atom is -0.382 e. The Morgan fingerprint density at radius 3 is 2.25 bits per heavy atom. The molecule has 0 atom stereocenters. The normalized spacial score (nSPS) is 9.44. The van der Waals surface area contributed by atoms with Crippen LogP contribution >= 0.6 is 0 Å². The Balaban J connectivity index is 0.00000106. The topological polar surface area (TPSA) is 18.5 Å². The van der Waals surface area contributed by atoms with Gasteiger partial charge < -0.3 is 9.47 Å². The van der Waals surface area contributed by atoms with Crippen LogP contribution in [0.5, 0.6) is 0 Å². The maximum Gasteiger partial charge on any atom is 0.0700 e. The van der Waals surface area contributed by atoms with E-state index in [0.29, 0.717) is 13.2 Å². The second kappa shape index (κ2) is 12.2. The smallest absolute Gasteiger partial charge is 0.0700 e. The van der Waals surface area contributed by atoms with Crippen molar-refractivity contribution >= 4 is 0 Å². The summed E-state index contributed by atoms with van der Waals surface area (Å²) in [5.41, 5.74) is 1.38. The molecule has 0 aromatic heterocycles. The Bertz CT molecular complexity index is 221. The van der Waals surface area contributed by atoms with Gasteiger partial charge in [-0.3, -0.25) is 0 Å². The van der Waals surface area contributed by atoms with Gasteiger partial charge in [0.25, 0.3) is 0 Å². The molecular formula is C14H24O2. The van der Waals surface area contributed by atoms with E-state index in [2.05, 4.69) is 24.3 Å². The van der Waals surface area contributed by atoms with Crippen molar-refractivity contribution in [3.8, 4) is 0 Å². The van der Waals surface area contributed by atoms with Gasteiger partial charge in [-0.25, -0.2) is 0 Å². The van der Waals surface area contributed by atoms with Gasteiger partial charge in [0.05, 0.1) is 13.2 Å². The number of benzene rings is 1. The summed E-state index contributed by atoms with van der Waals surface area (Å²) in [5.74, 6) is 0. The Kier molecular flexibility index (Phi) is 11.6. The number of ether oxygens (including phenoxy) is 2. The summed E-state index contributed by atoms with van der Waals surface area (Å²) in [6.45, 7) is 6.20. The molecule has 16 heavy (non-hydrogen) atoms. The maximum absolute atomic E-state index is 5.37. The predicted octanol–water partition coefficient (Wildman–Crippen LogP) is 3.31. The summed E-state index contributed by atoms with van der Waals surface area (Å²) in [6.07, 6.45) is 2.17. The van der Waals surface area contributed by atoms with Gasteiger partial charge >= 0.3 is 0 Å². The molecule has 0 aliphatic heterocycles. The molecular weight excluding hydrogens is 200 g/mol. The first-order valence-electron chi connectivity index (χ1n) is 6.04. The molecule has 0 heterocycles. The molecule has 92 valence electrons. The van der Waals surface area contributed by atoms with Gasteiger partial charge in [-0.1, -0.05) is 44.2 Å². The van der Waals surface area contributed by atoms with Gasteiger partial charge in [-0.15, -0.1) is 0 Å². The molecule has 0 unspecified atom stereocenters. The van der Waals surface area contributed by atoms with Gasteiger partial charge in [0.1, 0.15) is 0 Å². The van der Waals surface area contributed by atoms with Crippen LogP contribution in [0.3, 0.4) is 0 Å². The summed E-state index contributed by atoms with van der Waals surface area (Å²) >= 11 is 0. The van der Waals surface area contributed by atoms with Crippen LogP contribution in [-0.2, 0) is 15.9 Å². The van der Waals surface area contributed by atoms with Gasteiger partial charge in [0, 0.05) is 13.7 Å². The highest BCUT2D eigenvalue weighted by molar-refractivity contribution is 5.14. The second-order valence-corrected chi connectivity index (χ2v) is 3.19. The van der Waals surface area contributed by atoms with E-state index in [1.54, 1.807) is 7.11 Å². The summed E-state index contributed by atoms with van der Waals surface area (Å²) in [7, 11) is 1.69. The fourth-order valence-corrected chi connectivity index (χ4v) is 1.27. The lowest BCUT2D eigenvalue weighted by Gasteiger charge is -2.03. The predicted molar refractivity (Wildman–Crippen MR) is 68.8 cm³/mol. The number of aryl methyl sites for hydroxylation is 1. The second-order valence-electron chi connectivity index (χ2n) is 3.19. The Morgan fingerprint density at radius 1 is 0.938 bits per heavy atom. The molecule has 0 amide bonds. The van der Waals surface area contributed by atoms with Gasteiger partial charge in [-0.2, -0.15) is 0 Å². The molecule has 0 saturated heterocycles. The van der Waals surface area contributed by atoms with Crippen LogP contribution in [0.1, 0.15) is 25.8 Å². The molecule has 0 spiro atoms. The van der Waals surface area contributed by atoms with Crippen molar-refractivity contribution in [1.82, 2.24) is 0 Å². The molecule has 0 N–H and O–H groups in total. The Morgan fingerprint density at radius 2 is 1.62 bits per heavy atom. The molecule has 1 aromatic carbocycles. The molecule has 2 heteroatoms. The maximum atomic E-state index is 5.37. The van der Waals surface area contributed by atoms with E-state index in [4.69, 9.17) is 9.47 Å². The quantitative estimate of drug-likeness (QED) is 0.662. The van der Waals surface area contributed by atoms with E-state index in [1.807, 2.05) is 19.9 Å². The highest BCUT2D eigenvalue weighted by Gasteiger charge is 1.92. The molecule has 0 radical (unpaired) electrons. The first-order chi connectivity index (χ1) is 7.93. The number of hydrogen-bond donors (Lipinski definition) is 0. The highest BCUT2D eigenvalue weighted by atomic mass is 16.5. The average Bonchev–Trinajstić information content (AvgIpc) is 2.37. The van der Waals surface area contributed by atoms with E-state index >= 15 is 0 Å². The fraction of sp³-hybridized carbons (Fsp3) is 0.571. The van der Waals surface area contributed by atoms with Gasteiger partial charge in [0.15, 0.2) is 0 Å². The molecule has 0 fully saturated rings. The summed E-state index contributed by atoms with van der Waals surface area (Å²) in [4.78, 5) is 0. The Hall–Kier alpha value is -0.860. The van der Waals surface area contributed by atoms with Gasteiger partial charge in [0.2, 0.25) is 0 Å².